The van der Waals surface area contributed by atoms with Gasteiger partial charge in [0.2, 0.25) is 0 Å². The fourth-order valence-corrected chi connectivity index (χ4v) is 2.79. The second kappa shape index (κ2) is 6.57. The summed E-state index contributed by atoms with van der Waals surface area (Å²) in [7, 11) is 0. The van der Waals surface area contributed by atoms with Gasteiger partial charge in [0.15, 0.2) is 0 Å². The molecule has 19 heavy (non-hydrogen) atoms. The van der Waals surface area contributed by atoms with Crippen molar-refractivity contribution in [1.29, 1.82) is 0 Å². The predicted octanol–water partition coefficient (Wildman–Crippen LogP) is 2.13. The van der Waals surface area contributed by atoms with Crippen molar-refractivity contribution in [2.45, 2.75) is 38.1 Å². The highest BCUT2D eigenvalue weighted by Gasteiger charge is 2.26. The van der Waals surface area contributed by atoms with Gasteiger partial charge in [-0.1, -0.05) is 31.4 Å². The number of nitrogens with zero attached hydrogens (tertiary/aromatic N) is 1. The van der Waals surface area contributed by atoms with E-state index in [4.69, 9.17) is 5.73 Å². The number of phenolic OH excluding ortho intramolecular Hbond substituents is 1. The number of rotatable bonds is 4. The maximum absolute atomic E-state index is 12.6. The van der Waals surface area contributed by atoms with Gasteiger partial charge < -0.3 is 15.7 Å². The Bertz CT molecular complexity index is 428. The number of hydrogen-bond acceptors (Lipinski definition) is 3. The molecule has 0 atom stereocenters. The van der Waals surface area contributed by atoms with Crippen molar-refractivity contribution in [3.05, 3.63) is 29.8 Å². The van der Waals surface area contributed by atoms with E-state index in [1.165, 1.54) is 19.3 Å². The number of phenols is 1. The third kappa shape index (κ3) is 3.26. The van der Waals surface area contributed by atoms with E-state index >= 15 is 0 Å². The summed E-state index contributed by atoms with van der Waals surface area (Å²) in [5, 5.41) is 9.82. The minimum atomic E-state index is -0.101. The number of carbonyl (C=O) groups is 1. The van der Waals surface area contributed by atoms with Crippen LogP contribution in [0, 0.1) is 0 Å². The molecular weight excluding hydrogens is 240 g/mol. The summed E-state index contributed by atoms with van der Waals surface area (Å²) in [6, 6.07) is 6.98. The molecule has 1 amide bonds. The molecule has 0 spiro atoms. The van der Waals surface area contributed by atoms with Gasteiger partial charge in [0.25, 0.3) is 5.91 Å². The summed E-state index contributed by atoms with van der Waals surface area (Å²) in [6.07, 6.45) is 5.66. The molecule has 3 N–H and O–H groups in total. The average molecular weight is 262 g/mol. The van der Waals surface area contributed by atoms with Crippen molar-refractivity contribution in [1.82, 2.24) is 4.90 Å². The Morgan fingerprint density at radius 1 is 1.26 bits per heavy atom. The molecule has 1 saturated carbocycles. The molecule has 0 unspecified atom stereocenters. The Morgan fingerprint density at radius 3 is 2.58 bits per heavy atom. The first-order chi connectivity index (χ1) is 9.24. The van der Waals surface area contributed by atoms with Crippen molar-refractivity contribution in [3.8, 4) is 5.75 Å². The van der Waals surface area contributed by atoms with Gasteiger partial charge in [0, 0.05) is 19.1 Å². The maximum atomic E-state index is 12.6. The summed E-state index contributed by atoms with van der Waals surface area (Å²) < 4.78 is 0. The van der Waals surface area contributed by atoms with Crippen LogP contribution in [0.5, 0.6) is 5.75 Å². The molecule has 1 aromatic rings. The lowest BCUT2D eigenvalue weighted by atomic mass is 9.93. The fraction of sp³-hybridized carbons (Fsp3) is 0.533. The van der Waals surface area contributed by atoms with E-state index in [1.807, 2.05) is 4.90 Å². The third-order valence-corrected chi connectivity index (χ3v) is 3.78. The summed E-state index contributed by atoms with van der Waals surface area (Å²) >= 11 is 0. The molecule has 1 aliphatic carbocycles. The van der Waals surface area contributed by atoms with E-state index in [-0.39, 0.29) is 17.7 Å². The van der Waals surface area contributed by atoms with Crippen molar-refractivity contribution < 1.29 is 9.90 Å². The van der Waals surface area contributed by atoms with Crippen LogP contribution < -0.4 is 5.73 Å². The molecule has 0 aromatic heterocycles. The number of benzene rings is 1. The smallest absolute Gasteiger partial charge is 0.257 e. The van der Waals surface area contributed by atoms with Crippen molar-refractivity contribution in [3.63, 3.8) is 0 Å². The summed E-state index contributed by atoms with van der Waals surface area (Å²) in [4.78, 5) is 14.4. The number of para-hydroxylation sites is 1. The Kier molecular flexibility index (Phi) is 4.80. The predicted molar refractivity (Wildman–Crippen MR) is 75.1 cm³/mol. The molecule has 104 valence electrons. The van der Waals surface area contributed by atoms with Crippen LogP contribution in [-0.4, -0.2) is 35.0 Å². The summed E-state index contributed by atoms with van der Waals surface area (Å²) in [5.74, 6) is -0.0548. The molecule has 0 saturated heterocycles. The highest BCUT2D eigenvalue weighted by molar-refractivity contribution is 5.97. The topological polar surface area (TPSA) is 66.6 Å². The number of nitrogens with two attached hydrogens (primary N) is 1. The molecule has 1 aliphatic rings. The number of hydrogen-bond donors (Lipinski definition) is 2. The molecule has 4 heteroatoms. The van der Waals surface area contributed by atoms with E-state index in [0.717, 1.165) is 12.8 Å². The molecule has 0 radical (unpaired) electrons. The average Bonchev–Trinajstić information content (AvgIpc) is 2.45. The van der Waals surface area contributed by atoms with Crippen LogP contribution in [0.2, 0.25) is 0 Å². The van der Waals surface area contributed by atoms with Gasteiger partial charge in [-0.15, -0.1) is 0 Å². The van der Waals surface area contributed by atoms with Crippen molar-refractivity contribution >= 4 is 5.91 Å². The first kappa shape index (κ1) is 13.9. The van der Waals surface area contributed by atoms with Crippen LogP contribution in [0.1, 0.15) is 42.5 Å². The zero-order valence-electron chi connectivity index (χ0n) is 11.2. The highest BCUT2D eigenvalue weighted by atomic mass is 16.3. The molecule has 0 aliphatic heterocycles. The Morgan fingerprint density at radius 2 is 1.95 bits per heavy atom. The van der Waals surface area contributed by atoms with Gasteiger partial charge in [-0.2, -0.15) is 0 Å². The van der Waals surface area contributed by atoms with Crippen LogP contribution in [-0.2, 0) is 0 Å². The normalized spacial score (nSPS) is 16.3. The van der Waals surface area contributed by atoms with Gasteiger partial charge in [-0.05, 0) is 25.0 Å². The Labute approximate surface area is 114 Å². The van der Waals surface area contributed by atoms with E-state index in [2.05, 4.69) is 0 Å². The molecule has 4 nitrogen and oxygen atoms in total. The Hall–Kier alpha value is -1.55. The molecule has 1 aromatic carbocycles. The molecular formula is C15H22N2O2. The van der Waals surface area contributed by atoms with Crippen LogP contribution in [0.4, 0.5) is 0 Å². The van der Waals surface area contributed by atoms with Crippen molar-refractivity contribution in [2.24, 2.45) is 5.73 Å². The zero-order chi connectivity index (χ0) is 13.7. The molecule has 2 rings (SSSR count). The van der Waals surface area contributed by atoms with Crippen LogP contribution in [0.25, 0.3) is 0 Å². The van der Waals surface area contributed by atoms with E-state index in [0.29, 0.717) is 18.7 Å². The number of aromatic hydroxyl groups is 1. The van der Waals surface area contributed by atoms with Crippen LogP contribution >= 0.6 is 0 Å². The van der Waals surface area contributed by atoms with E-state index in [9.17, 15) is 9.90 Å². The first-order valence-corrected chi connectivity index (χ1v) is 7.03. The monoisotopic (exact) mass is 262 g/mol. The van der Waals surface area contributed by atoms with Gasteiger partial charge in [-0.3, -0.25) is 4.79 Å². The van der Waals surface area contributed by atoms with Gasteiger partial charge in [0.05, 0.1) is 5.56 Å². The Balaban J connectivity index is 2.18. The van der Waals surface area contributed by atoms with Crippen LogP contribution in [0.3, 0.4) is 0 Å². The molecule has 0 heterocycles. The molecule has 1 fully saturated rings. The first-order valence-electron chi connectivity index (χ1n) is 7.03. The van der Waals surface area contributed by atoms with Gasteiger partial charge in [0.1, 0.15) is 5.75 Å². The quantitative estimate of drug-likeness (QED) is 0.873. The minimum absolute atomic E-state index is 0.0466. The van der Waals surface area contributed by atoms with Crippen LogP contribution in [0.15, 0.2) is 24.3 Å². The van der Waals surface area contributed by atoms with E-state index in [1.54, 1.807) is 24.3 Å². The lowest BCUT2D eigenvalue weighted by Gasteiger charge is -2.34. The van der Waals surface area contributed by atoms with Gasteiger partial charge >= 0.3 is 0 Å². The lowest BCUT2D eigenvalue weighted by Crippen LogP contribution is -2.44. The lowest BCUT2D eigenvalue weighted by molar-refractivity contribution is 0.0638. The standard InChI is InChI=1S/C15H22N2O2/c16-10-11-17(12-6-2-1-3-7-12)15(19)13-8-4-5-9-14(13)18/h4-5,8-9,12,18H,1-3,6-7,10-11,16H2. The second-order valence-electron chi connectivity index (χ2n) is 5.10. The van der Waals surface area contributed by atoms with Crippen molar-refractivity contribution in [2.75, 3.05) is 13.1 Å². The summed E-state index contributed by atoms with van der Waals surface area (Å²) in [6.45, 7) is 1.01. The summed E-state index contributed by atoms with van der Waals surface area (Å²) in [5.41, 5.74) is 6.01. The second-order valence-corrected chi connectivity index (χ2v) is 5.10. The number of amides is 1. The minimum Gasteiger partial charge on any atom is -0.507 e. The van der Waals surface area contributed by atoms with Gasteiger partial charge in [-0.25, -0.2) is 0 Å². The number of carbonyl (C=O) groups excluding carboxylic acids is 1. The largest absolute Gasteiger partial charge is 0.507 e. The third-order valence-electron chi connectivity index (χ3n) is 3.78. The fourth-order valence-electron chi connectivity index (χ4n) is 2.79. The van der Waals surface area contributed by atoms with E-state index < -0.39 is 0 Å². The molecule has 0 bridgehead atoms. The SMILES string of the molecule is NCCN(C(=O)c1ccccc1O)C1CCCCC1. The zero-order valence-corrected chi connectivity index (χ0v) is 11.2. The maximum Gasteiger partial charge on any atom is 0.257 e. The highest BCUT2D eigenvalue weighted by Crippen LogP contribution is 2.26.